The Morgan fingerprint density at radius 2 is 1.69 bits per heavy atom. The fourth-order valence-corrected chi connectivity index (χ4v) is 4.10. The van der Waals surface area contributed by atoms with Crippen molar-refractivity contribution in [3.8, 4) is 11.4 Å². The van der Waals surface area contributed by atoms with Crippen LogP contribution in [-0.4, -0.2) is 16.2 Å². The second kappa shape index (κ2) is 8.95. The SMILES string of the molecule is CC1=C(c2nc(-c3ccccc3)no2)C(c2cccc(F)c2)NC(=O)N1c1ccc(C(F)(F)F)cc1. The summed E-state index contributed by atoms with van der Waals surface area (Å²) in [5, 5.41) is 6.84. The number of carbonyl (C=O) groups excluding carboxylic acids is 1. The van der Waals surface area contributed by atoms with Crippen molar-refractivity contribution in [1.29, 1.82) is 0 Å². The van der Waals surface area contributed by atoms with Gasteiger partial charge in [0.1, 0.15) is 5.82 Å². The molecule has 36 heavy (non-hydrogen) atoms. The maximum atomic E-state index is 14.1. The largest absolute Gasteiger partial charge is 0.416 e. The number of aromatic nitrogens is 2. The van der Waals surface area contributed by atoms with Crippen LogP contribution in [-0.2, 0) is 6.18 Å². The van der Waals surface area contributed by atoms with Crippen LogP contribution in [0.5, 0.6) is 0 Å². The minimum atomic E-state index is -4.52. The molecule has 2 heterocycles. The molecule has 10 heteroatoms. The van der Waals surface area contributed by atoms with Crippen LogP contribution in [0.15, 0.2) is 89.1 Å². The molecule has 3 aromatic carbocycles. The summed E-state index contributed by atoms with van der Waals surface area (Å²) in [5.74, 6) is -0.112. The number of anilines is 1. The first kappa shape index (κ1) is 23.3. The van der Waals surface area contributed by atoms with Gasteiger partial charge in [-0.05, 0) is 48.9 Å². The first-order chi connectivity index (χ1) is 17.2. The Balaban J connectivity index is 1.64. The van der Waals surface area contributed by atoms with Gasteiger partial charge in [-0.25, -0.2) is 9.18 Å². The summed E-state index contributed by atoms with van der Waals surface area (Å²) >= 11 is 0. The maximum Gasteiger partial charge on any atom is 0.416 e. The zero-order valence-corrected chi connectivity index (χ0v) is 18.8. The highest BCUT2D eigenvalue weighted by Gasteiger charge is 2.37. The summed E-state index contributed by atoms with van der Waals surface area (Å²) in [7, 11) is 0. The van der Waals surface area contributed by atoms with Gasteiger partial charge in [0, 0.05) is 11.3 Å². The number of rotatable bonds is 4. The lowest BCUT2D eigenvalue weighted by atomic mass is 9.94. The van der Waals surface area contributed by atoms with E-state index in [2.05, 4.69) is 15.5 Å². The molecule has 0 aliphatic carbocycles. The van der Waals surface area contributed by atoms with E-state index in [1.54, 1.807) is 25.1 Å². The predicted octanol–water partition coefficient (Wildman–Crippen LogP) is 6.60. The molecule has 2 amide bonds. The van der Waals surface area contributed by atoms with Gasteiger partial charge in [0.05, 0.1) is 22.9 Å². The summed E-state index contributed by atoms with van der Waals surface area (Å²) in [5.41, 5.74) is 1.23. The Labute approximate surface area is 202 Å². The average Bonchev–Trinajstić information content (AvgIpc) is 3.34. The molecule has 182 valence electrons. The Morgan fingerprint density at radius 3 is 2.36 bits per heavy atom. The number of carbonyl (C=O) groups is 1. The van der Waals surface area contributed by atoms with E-state index in [-0.39, 0.29) is 11.6 Å². The molecule has 5 rings (SSSR count). The van der Waals surface area contributed by atoms with Crippen molar-refractivity contribution >= 4 is 17.3 Å². The van der Waals surface area contributed by atoms with Gasteiger partial charge in [-0.15, -0.1) is 0 Å². The van der Waals surface area contributed by atoms with Crippen LogP contribution in [0.1, 0.15) is 30.0 Å². The van der Waals surface area contributed by atoms with Gasteiger partial charge in [-0.1, -0.05) is 47.6 Å². The molecule has 4 aromatic rings. The number of benzene rings is 3. The first-order valence-corrected chi connectivity index (χ1v) is 10.9. The Bertz CT molecular complexity index is 1450. The number of alkyl halides is 3. The van der Waals surface area contributed by atoms with Gasteiger partial charge in [0.15, 0.2) is 0 Å². The number of urea groups is 1. The highest BCUT2D eigenvalue weighted by atomic mass is 19.4. The van der Waals surface area contributed by atoms with Crippen molar-refractivity contribution in [3.63, 3.8) is 0 Å². The van der Waals surface area contributed by atoms with E-state index in [1.807, 2.05) is 18.2 Å². The zero-order chi connectivity index (χ0) is 25.4. The van der Waals surface area contributed by atoms with E-state index in [9.17, 15) is 22.4 Å². The fraction of sp³-hybridized carbons (Fsp3) is 0.115. The molecule has 1 aliphatic heterocycles. The van der Waals surface area contributed by atoms with E-state index < -0.39 is 29.6 Å². The third kappa shape index (κ3) is 4.33. The summed E-state index contributed by atoms with van der Waals surface area (Å²) in [6, 6.07) is 17.5. The molecular formula is C26H18F4N4O2. The van der Waals surface area contributed by atoms with Crippen molar-refractivity contribution in [2.75, 3.05) is 4.90 Å². The van der Waals surface area contributed by atoms with Crippen molar-refractivity contribution in [2.24, 2.45) is 0 Å². The van der Waals surface area contributed by atoms with E-state index >= 15 is 0 Å². The van der Waals surface area contributed by atoms with Gasteiger partial charge in [0.25, 0.3) is 5.89 Å². The van der Waals surface area contributed by atoms with Gasteiger partial charge in [-0.2, -0.15) is 18.2 Å². The summed E-state index contributed by atoms with van der Waals surface area (Å²) in [6.07, 6.45) is -4.52. The monoisotopic (exact) mass is 494 g/mol. The van der Waals surface area contributed by atoms with Crippen molar-refractivity contribution < 1.29 is 26.9 Å². The van der Waals surface area contributed by atoms with Gasteiger partial charge in [-0.3, -0.25) is 4.90 Å². The number of hydrogen-bond donors (Lipinski definition) is 1. The van der Waals surface area contributed by atoms with Crippen LogP contribution in [0.25, 0.3) is 17.0 Å². The molecule has 1 atom stereocenters. The molecule has 0 bridgehead atoms. The van der Waals surface area contributed by atoms with Crippen LogP contribution >= 0.6 is 0 Å². The highest BCUT2D eigenvalue weighted by Crippen LogP contribution is 2.40. The zero-order valence-electron chi connectivity index (χ0n) is 18.8. The normalized spacial score (nSPS) is 16.3. The number of hydrogen-bond acceptors (Lipinski definition) is 4. The molecule has 1 unspecified atom stereocenters. The third-order valence-electron chi connectivity index (χ3n) is 5.81. The van der Waals surface area contributed by atoms with Gasteiger partial charge < -0.3 is 9.84 Å². The number of nitrogens with one attached hydrogen (secondary N) is 1. The molecule has 0 saturated carbocycles. The molecule has 1 N–H and O–H groups in total. The van der Waals surface area contributed by atoms with Crippen molar-refractivity contribution in [1.82, 2.24) is 15.5 Å². The number of allylic oxidation sites excluding steroid dienone is 1. The topological polar surface area (TPSA) is 71.3 Å². The smallest absolute Gasteiger partial charge is 0.334 e. The van der Waals surface area contributed by atoms with E-state index in [0.29, 0.717) is 28.2 Å². The van der Waals surface area contributed by atoms with Crippen molar-refractivity contribution in [2.45, 2.75) is 19.1 Å². The number of amides is 2. The molecule has 0 radical (unpaired) electrons. The van der Waals surface area contributed by atoms with Crippen LogP contribution in [0, 0.1) is 5.82 Å². The lowest BCUT2D eigenvalue weighted by molar-refractivity contribution is -0.137. The molecule has 6 nitrogen and oxygen atoms in total. The average molecular weight is 494 g/mol. The van der Waals surface area contributed by atoms with E-state index in [4.69, 9.17) is 4.52 Å². The summed E-state index contributed by atoms with van der Waals surface area (Å²) in [6.45, 7) is 1.62. The van der Waals surface area contributed by atoms with Gasteiger partial charge in [0.2, 0.25) is 5.82 Å². The molecular weight excluding hydrogens is 476 g/mol. The minimum absolute atomic E-state index is 0.0810. The number of halogens is 4. The number of nitrogens with zero attached hydrogens (tertiary/aromatic N) is 3. The first-order valence-electron chi connectivity index (χ1n) is 10.9. The van der Waals surface area contributed by atoms with Crippen LogP contribution in [0.2, 0.25) is 0 Å². The Morgan fingerprint density at radius 1 is 0.972 bits per heavy atom. The molecule has 1 aliphatic rings. The lowest BCUT2D eigenvalue weighted by Crippen LogP contribution is -2.46. The molecule has 0 saturated heterocycles. The molecule has 0 fully saturated rings. The highest BCUT2D eigenvalue weighted by molar-refractivity contribution is 6.01. The Hall–Kier alpha value is -4.47. The fourth-order valence-electron chi connectivity index (χ4n) is 4.10. The molecule has 0 spiro atoms. The van der Waals surface area contributed by atoms with Gasteiger partial charge >= 0.3 is 12.2 Å². The van der Waals surface area contributed by atoms with E-state index in [0.717, 1.165) is 12.1 Å². The second-order valence-corrected chi connectivity index (χ2v) is 8.11. The quantitative estimate of drug-likeness (QED) is 0.325. The summed E-state index contributed by atoms with van der Waals surface area (Å²) < 4.78 is 58.8. The predicted molar refractivity (Wildman–Crippen MR) is 124 cm³/mol. The maximum absolute atomic E-state index is 14.1. The van der Waals surface area contributed by atoms with Crippen molar-refractivity contribution in [3.05, 3.63) is 107 Å². The summed E-state index contributed by atoms with van der Waals surface area (Å²) in [4.78, 5) is 18.9. The minimum Gasteiger partial charge on any atom is -0.334 e. The van der Waals surface area contributed by atoms with Crippen LogP contribution in [0.3, 0.4) is 0 Å². The third-order valence-corrected chi connectivity index (χ3v) is 5.81. The second-order valence-electron chi connectivity index (χ2n) is 8.11. The lowest BCUT2D eigenvalue weighted by Gasteiger charge is -2.35. The Kier molecular flexibility index (Phi) is 5.79. The van der Waals surface area contributed by atoms with Crippen LogP contribution < -0.4 is 10.2 Å². The van der Waals surface area contributed by atoms with E-state index in [1.165, 1.54) is 35.2 Å². The standard InChI is InChI=1S/C26H18F4N4O2/c1-15-21(24-32-23(33-36-24)16-6-3-2-4-7-16)22(17-8-5-9-19(27)14-17)31-25(35)34(15)20-12-10-18(11-13-20)26(28,29)30/h2-14,22H,1H3,(H,31,35). The van der Waals surface area contributed by atoms with Crippen LogP contribution in [0.4, 0.5) is 28.0 Å². The molecule has 1 aromatic heterocycles.